The van der Waals surface area contributed by atoms with Crippen LogP contribution in [0.1, 0.15) is 37.9 Å². The van der Waals surface area contributed by atoms with Crippen molar-refractivity contribution in [2.24, 2.45) is 5.73 Å². The molecular formula is C15H19N5O. The molecule has 2 aromatic rings. The van der Waals surface area contributed by atoms with Gasteiger partial charge in [-0.15, -0.1) is 0 Å². The van der Waals surface area contributed by atoms with Crippen LogP contribution in [-0.2, 0) is 4.79 Å². The van der Waals surface area contributed by atoms with Gasteiger partial charge in [-0.05, 0) is 44.0 Å². The molecule has 1 atom stereocenters. The first-order valence-corrected chi connectivity index (χ1v) is 7.20. The fourth-order valence-corrected chi connectivity index (χ4v) is 2.15. The van der Waals surface area contributed by atoms with Crippen molar-refractivity contribution in [2.75, 3.05) is 5.32 Å². The number of aromatic nitrogens is 3. The van der Waals surface area contributed by atoms with Crippen molar-refractivity contribution in [2.45, 2.75) is 38.1 Å². The molecule has 4 N–H and O–H groups in total. The summed E-state index contributed by atoms with van der Waals surface area (Å²) in [5.74, 6) is 2.15. The summed E-state index contributed by atoms with van der Waals surface area (Å²) in [7, 11) is 0. The maximum Gasteiger partial charge on any atom is 0.225 e. The molecule has 0 spiro atoms. The molecule has 1 unspecified atom stereocenters. The second kappa shape index (κ2) is 5.65. The van der Waals surface area contributed by atoms with Gasteiger partial charge in [-0.1, -0.05) is 0 Å². The van der Waals surface area contributed by atoms with Gasteiger partial charge in [0.15, 0.2) is 5.82 Å². The Labute approximate surface area is 123 Å². The lowest BCUT2D eigenvalue weighted by Gasteiger charge is -2.07. The van der Waals surface area contributed by atoms with Crippen molar-refractivity contribution < 1.29 is 4.79 Å². The van der Waals surface area contributed by atoms with Crippen LogP contribution in [-0.4, -0.2) is 27.1 Å². The molecule has 6 nitrogen and oxygen atoms in total. The Kier molecular flexibility index (Phi) is 3.70. The predicted molar refractivity (Wildman–Crippen MR) is 80.7 cm³/mol. The smallest absolute Gasteiger partial charge is 0.225 e. The molecule has 21 heavy (non-hydrogen) atoms. The van der Waals surface area contributed by atoms with Gasteiger partial charge in [0.2, 0.25) is 5.91 Å². The number of benzene rings is 1. The van der Waals surface area contributed by atoms with E-state index in [1.54, 1.807) is 0 Å². The number of nitrogens with two attached hydrogens (primary N) is 1. The molecule has 0 bridgehead atoms. The Hall–Kier alpha value is -2.21. The highest BCUT2D eigenvalue weighted by Gasteiger charge is 2.27. The molecule has 0 radical (unpaired) electrons. The van der Waals surface area contributed by atoms with Crippen molar-refractivity contribution >= 4 is 11.6 Å². The number of anilines is 1. The van der Waals surface area contributed by atoms with Gasteiger partial charge >= 0.3 is 0 Å². The second-order valence-corrected chi connectivity index (χ2v) is 5.63. The average molecular weight is 285 g/mol. The van der Waals surface area contributed by atoms with Crippen molar-refractivity contribution in [3.05, 3.63) is 30.1 Å². The van der Waals surface area contributed by atoms with Gasteiger partial charge < -0.3 is 11.1 Å². The number of aromatic amines is 1. The number of nitrogens with zero attached hydrogens (tertiary/aromatic N) is 2. The zero-order chi connectivity index (χ0) is 14.8. The highest BCUT2D eigenvalue weighted by molar-refractivity contribution is 5.91. The van der Waals surface area contributed by atoms with Gasteiger partial charge in [-0.3, -0.25) is 9.89 Å². The van der Waals surface area contributed by atoms with Crippen LogP contribution in [0.3, 0.4) is 0 Å². The number of carbonyl (C=O) groups is 1. The summed E-state index contributed by atoms with van der Waals surface area (Å²) in [4.78, 5) is 16.1. The fraction of sp³-hybridized carbons (Fsp3) is 0.400. The Balaban J connectivity index is 1.66. The number of hydrogen-bond acceptors (Lipinski definition) is 4. The van der Waals surface area contributed by atoms with E-state index < -0.39 is 0 Å². The van der Waals surface area contributed by atoms with Crippen molar-refractivity contribution in [1.29, 1.82) is 0 Å². The number of H-pyrrole nitrogens is 1. The third kappa shape index (κ3) is 3.46. The van der Waals surface area contributed by atoms with Crippen molar-refractivity contribution in [1.82, 2.24) is 15.2 Å². The van der Waals surface area contributed by atoms with E-state index in [-0.39, 0.29) is 11.9 Å². The SMILES string of the molecule is CC(N)CC(=O)Nc1ccc(-c2n[nH]c(C3CC3)n2)cc1. The van der Waals surface area contributed by atoms with E-state index in [1.807, 2.05) is 31.2 Å². The normalized spacial score (nSPS) is 15.7. The van der Waals surface area contributed by atoms with Crippen LogP contribution in [0, 0.1) is 0 Å². The number of rotatable bonds is 5. The molecule has 3 rings (SSSR count). The molecule has 1 saturated carbocycles. The van der Waals surface area contributed by atoms with Crippen LogP contribution in [0.4, 0.5) is 5.69 Å². The lowest BCUT2D eigenvalue weighted by molar-refractivity contribution is -0.116. The van der Waals surface area contributed by atoms with Gasteiger partial charge in [-0.25, -0.2) is 4.98 Å². The molecule has 0 aliphatic heterocycles. The Morgan fingerprint density at radius 1 is 1.43 bits per heavy atom. The predicted octanol–water partition coefficient (Wildman–Crippen LogP) is 2.02. The fourth-order valence-electron chi connectivity index (χ4n) is 2.15. The van der Waals surface area contributed by atoms with Crippen molar-refractivity contribution in [3.8, 4) is 11.4 Å². The number of nitrogens with one attached hydrogen (secondary N) is 2. The van der Waals surface area contributed by atoms with E-state index in [4.69, 9.17) is 5.73 Å². The van der Waals surface area contributed by atoms with Gasteiger partial charge in [0, 0.05) is 29.6 Å². The summed E-state index contributed by atoms with van der Waals surface area (Å²) in [5, 5.41) is 10.0. The maximum atomic E-state index is 11.6. The largest absolute Gasteiger partial charge is 0.327 e. The molecule has 1 aromatic heterocycles. The van der Waals surface area contributed by atoms with Crippen LogP contribution in [0.25, 0.3) is 11.4 Å². The number of carbonyl (C=O) groups excluding carboxylic acids is 1. The van der Waals surface area contributed by atoms with Crippen LogP contribution in [0.5, 0.6) is 0 Å². The zero-order valence-corrected chi connectivity index (χ0v) is 12.0. The minimum Gasteiger partial charge on any atom is -0.327 e. The number of amides is 1. The van der Waals surface area contributed by atoms with Gasteiger partial charge in [0.1, 0.15) is 5.82 Å². The molecule has 1 fully saturated rings. The summed E-state index contributed by atoms with van der Waals surface area (Å²) in [5.41, 5.74) is 7.28. The highest BCUT2D eigenvalue weighted by Crippen LogP contribution is 2.38. The Morgan fingerprint density at radius 3 is 2.76 bits per heavy atom. The Morgan fingerprint density at radius 2 is 2.14 bits per heavy atom. The topological polar surface area (TPSA) is 96.7 Å². The molecule has 1 aromatic carbocycles. The van der Waals surface area contributed by atoms with Gasteiger partial charge in [0.25, 0.3) is 0 Å². The van der Waals surface area contributed by atoms with Crippen LogP contribution in [0.15, 0.2) is 24.3 Å². The van der Waals surface area contributed by atoms with Gasteiger partial charge in [0.05, 0.1) is 0 Å². The summed E-state index contributed by atoms with van der Waals surface area (Å²) in [6.45, 7) is 1.81. The van der Waals surface area contributed by atoms with Crippen LogP contribution >= 0.6 is 0 Å². The van der Waals surface area contributed by atoms with Crippen molar-refractivity contribution in [3.63, 3.8) is 0 Å². The third-order valence-electron chi connectivity index (χ3n) is 3.40. The van der Waals surface area contributed by atoms with E-state index >= 15 is 0 Å². The van der Waals surface area contributed by atoms with E-state index in [1.165, 1.54) is 12.8 Å². The molecule has 0 saturated heterocycles. The quantitative estimate of drug-likeness (QED) is 0.783. The minimum atomic E-state index is -0.140. The van der Waals surface area contributed by atoms with Gasteiger partial charge in [-0.2, -0.15) is 5.10 Å². The lowest BCUT2D eigenvalue weighted by atomic mass is 10.2. The molecular weight excluding hydrogens is 266 g/mol. The molecule has 1 aliphatic rings. The first kappa shape index (κ1) is 13.8. The number of hydrogen-bond donors (Lipinski definition) is 3. The van der Waals surface area contributed by atoms with Crippen LogP contribution < -0.4 is 11.1 Å². The standard InChI is InChI=1S/C15H19N5O/c1-9(16)8-13(21)17-12-6-4-11(5-7-12)15-18-14(19-20-15)10-2-3-10/h4-7,9-10H,2-3,8,16H2,1H3,(H,17,21)(H,18,19,20). The lowest BCUT2D eigenvalue weighted by Crippen LogP contribution is -2.23. The molecule has 1 amide bonds. The first-order chi connectivity index (χ1) is 10.1. The summed E-state index contributed by atoms with van der Waals surface area (Å²) in [6.07, 6.45) is 2.70. The Bertz CT molecular complexity index is 628. The highest BCUT2D eigenvalue weighted by atomic mass is 16.1. The average Bonchev–Trinajstić information content (AvgIpc) is 3.17. The second-order valence-electron chi connectivity index (χ2n) is 5.63. The van der Waals surface area contributed by atoms with E-state index in [9.17, 15) is 4.79 Å². The third-order valence-corrected chi connectivity index (χ3v) is 3.40. The summed E-state index contributed by atoms with van der Waals surface area (Å²) >= 11 is 0. The minimum absolute atomic E-state index is 0.0772. The molecule has 6 heteroatoms. The first-order valence-electron chi connectivity index (χ1n) is 7.20. The van der Waals surface area contributed by atoms with E-state index in [0.717, 1.165) is 17.1 Å². The van der Waals surface area contributed by atoms with Crippen LogP contribution in [0.2, 0.25) is 0 Å². The molecule has 1 aliphatic carbocycles. The van der Waals surface area contributed by atoms with E-state index in [2.05, 4.69) is 20.5 Å². The maximum absolute atomic E-state index is 11.6. The molecule has 110 valence electrons. The summed E-state index contributed by atoms with van der Waals surface area (Å²) in [6, 6.07) is 7.37. The van der Waals surface area contributed by atoms with E-state index in [0.29, 0.717) is 18.2 Å². The molecule has 1 heterocycles. The monoisotopic (exact) mass is 285 g/mol. The summed E-state index contributed by atoms with van der Waals surface area (Å²) < 4.78 is 0. The zero-order valence-electron chi connectivity index (χ0n) is 12.0.